The average Bonchev–Trinajstić information content (AvgIpc) is 2.60. The molecule has 0 saturated carbocycles. The predicted molar refractivity (Wildman–Crippen MR) is 65.8 cm³/mol. The second-order valence-electron chi connectivity index (χ2n) is 3.91. The highest BCUT2D eigenvalue weighted by Gasteiger charge is 2.10. The predicted octanol–water partition coefficient (Wildman–Crippen LogP) is 1.80. The number of ether oxygens (including phenoxy) is 1. The molecule has 3 N–H and O–H groups in total. The third-order valence-electron chi connectivity index (χ3n) is 2.43. The largest absolute Gasteiger partial charge is 0.478 e. The van der Waals surface area contributed by atoms with E-state index >= 15 is 0 Å². The number of aromatic nitrogens is 2. The molecule has 0 amide bonds. The SMILES string of the molecule is Cc1cc(Oc2cc(C(=O)O)ccc2N)n(C)n1. The lowest BCUT2D eigenvalue weighted by atomic mass is 10.2. The Morgan fingerprint density at radius 2 is 2.17 bits per heavy atom. The monoisotopic (exact) mass is 247 g/mol. The van der Waals surface area contributed by atoms with Gasteiger partial charge >= 0.3 is 5.97 Å². The first-order chi connectivity index (χ1) is 8.47. The van der Waals surface area contributed by atoms with Crippen LogP contribution in [0.5, 0.6) is 11.6 Å². The molecule has 0 aliphatic carbocycles. The summed E-state index contributed by atoms with van der Waals surface area (Å²) in [6.07, 6.45) is 0. The number of aromatic carboxylic acids is 1. The van der Waals surface area contributed by atoms with E-state index in [1.54, 1.807) is 17.8 Å². The van der Waals surface area contributed by atoms with Gasteiger partial charge in [-0.2, -0.15) is 5.10 Å². The smallest absolute Gasteiger partial charge is 0.335 e. The van der Waals surface area contributed by atoms with Crippen LogP contribution in [0.2, 0.25) is 0 Å². The van der Waals surface area contributed by atoms with E-state index in [0.717, 1.165) is 5.69 Å². The second kappa shape index (κ2) is 4.40. The lowest BCUT2D eigenvalue weighted by molar-refractivity contribution is 0.0696. The van der Waals surface area contributed by atoms with Crippen molar-refractivity contribution >= 4 is 11.7 Å². The van der Waals surface area contributed by atoms with Gasteiger partial charge in [0.05, 0.1) is 16.9 Å². The Kier molecular flexibility index (Phi) is 2.93. The zero-order chi connectivity index (χ0) is 13.3. The molecular weight excluding hydrogens is 234 g/mol. The van der Waals surface area contributed by atoms with E-state index in [-0.39, 0.29) is 5.56 Å². The van der Waals surface area contributed by atoms with E-state index < -0.39 is 5.97 Å². The fraction of sp³-hybridized carbons (Fsp3) is 0.167. The molecule has 0 bridgehead atoms. The number of carboxylic acids is 1. The number of nitrogen functional groups attached to an aromatic ring is 1. The average molecular weight is 247 g/mol. The summed E-state index contributed by atoms with van der Waals surface area (Å²) in [6, 6.07) is 6.06. The van der Waals surface area contributed by atoms with Crippen LogP contribution in [0.4, 0.5) is 5.69 Å². The first-order valence-corrected chi connectivity index (χ1v) is 5.28. The van der Waals surface area contributed by atoms with Crippen molar-refractivity contribution in [1.82, 2.24) is 9.78 Å². The minimum absolute atomic E-state index is 0.123. The molecule has 0 unspecified atom stereocenters. The fourth-order valence-electron chi connectivity index (χ4n) is 1.55. The Labute approximate surface area is 104 Å². The minimum Gasteiger partial charge on any atom is -0.478 e. The fourth-order valence-corrected chi connectivity index (χ4v) is 1.55. The molecule has 0 aliphatic heterocycles. The second-order valence-corrected chi connectivity index (χ2v) is 3.91. The van der Waals surface area contributed by atoms with Crippen LogP contribution in [0.15, 0.2) is 24.3 Å². The molecule has 0 saturated heterocycles. The normalized spacial score (nSPS) is 10.3. The molecule has 0 atom stereocenters. The lowest BCUT2D eigenvalue weighted by Gasteiger charge is -2.08. The highest BCUT2D eigenvalue weighted by molar-refractivity contribution is 5.89. The van der Waals surface area contributed by atoms with Gasteiger partial charge in [-0.15, -0.1) is 0 Å². The van der Waals surface area contributed by atoms with E-state index in [4.69, 9.17) is 15.6 Å². The summed E-state index contributed by atoms with van der Waals surface area (Å²) < 4.78 is 7.12. The Morgan fingerprint density at radius 1 is 1.44 bits per heavy atom. The number of rotatable bonds is 3. The summed E-state index contributed by atoms with van der Waals surface area (Å²) in [5.41, 5.74) is 7.05. The quantitative estimate of drug-likeness (QED) is 0.807. The number of hydrogen-bond donors (Lipinski definition) is 2. The molecule has 2 aromatic rings. The topological polar surface area (TPSA) is 90.4 Å². The van der Waals surface area contributed by atoms with Crippen LogP contribution in [-0.4, -0.2) is 20.9 Å². The highest BCUT2D eigenvalue weighted by Crippen LogP contribution is 2.28. The number of nitrogens with zero attached hydrogens (tertiary/aromatic N) is 2. The maximum Gasteiger partial charge on any atom is 0.335 e. The molecule has 6 nitrogen and oxygen atoms in total. The molecule has 94 valence electrons. The Balaban J connectivity index is 2.36. The van der Waals surface area contributed by atoms with Gasteiger partial charge in [-0.05, 0) is 25.1 Å². The third-order valence-corrected chi connectivity index (χ3v) is 2.43. The number of hydrogen-bond acceptors (Lipinski definition) is 4. The summed E-state index contributed by atoms with van der Waals surface area (Å²) in [6.45, 7) is 1.84. The molecule has 6 heteroatoms. The van der Waals surface area contributed by atoms with Gasteiger partial charge in [0.25, 0.3) is 0 Å². The molecular formula is C12H13N3O3. The number of nitrogens with two attached hydrogens (primary N) is 1. The summed E-state index contributed by atoms with van der Waals surface area (Å²) in [7, 11) is 1.74. The summed E-state index contributed by atoms with van der Waals surface area (Å²) >= 11 is 0. The van der Waals surface area contributed by atoms with Crippen LogP contribution < -0.4 is 10.5 Å². The number of anilines is 1. The van der Waals surface area contributed by atoms with E-state index in [2.05, 4.69) is 5.10 Å². The molecule has 18 heavy (non-hydrogen) atoms. The van der Waals surface area contributed by atoms with Gasteiger partial charge < -0.3 is 15.6 Å². The Hall–Kier alpha value is -2.50. The van der Waals surface area contributed by atoms with E-state index in [1.807, 2.05) is 6.92 Å². The van der Waals surface area contributed by atoms with Crippen molar-refractivity contribution < 1.29 is 14.6 Å². The molecule has 2 rings (SSSR count). The highest BCUT2D eigenvalue weighted by atomic mass is 16.5. The zero-order valence-corrected chi connectivity index (χ0v) is 10.0. The summed E-state index contributed by atoms with van der Waals surface area (Å²) in [5, 5.41) is 13.0. The van der Waals surface area contributed by atoms with E-state index in [9.17, 15) is 4.79 Å². The standard InChI is InChI=1S/C12H13N3O3/c1-7-5-11(15(2)14-7)18-10-6-8(12(16)17)3-4-9(10)13/h3-6H,13H2,1-2H3,(H,16,17). The van der Waals surface area contributed by atoms with Crippen LogP contribution in [0.25, 0.3) is 0 Å². The van der Waals surface area contributed by atoms with Crippen molar-refractivity contribution in [2.45, 2.75) is 6.92 Å². The van der Waals surface area contributed by atoms with Crippen LogP contribution in [0.1, 0.15) is 16.1 Å². The minimum atomic E-state index is -1.03. The Bertz CT molecular complexity index is 605. The van der Waals surface area contributed by atoms with Crippen molar-refractivity contribution in [1.29, 1.82) is 0 Å². The van der Waals surface area contributed by atoms with Crippen molar-refractivity contribution in [3.05, 3.63) is 35.5 Å². The number of carboxylic acid groups (broad SMARTS) is 1. The van der Waals surface area contributed by atoms with Crippen molar-refractivity contribution in [2.24, 2.45) is 7.05 Å². The first kappa shape index (κ1) is 12.0. The maximum atomic E-state index is 10.9. The number of aryl methyl sites for hydroxylation is 2. The van der Waals surface area contributed by atoms with Gasteiger partial charge in [-0.25, -0.2) is 9.48 Å². The molecule has 1 heterocycles. The molecule has 1 aromatic carbocycles. The van der Waals surface area contributed by atoms with Crippen LogP contribution in [-0.2, 0) is 7.05 Å². The maximum absolute atomic E-state index is 10.9. The third kappa shape index (κ3) is 2.27. The van der Waals surface area contributed by atoms with Gasteiger partial charge in [0.2, 0.25) is 5.88 Å². The summed E-state index contributed by atoms with van der Waals surface area (Å²) in [5.74, 6) is -0.222. The van der Waals surface area contributed by atoms with Crippen LogP contribution in [0.3, 0.4) is 0 Å². The molecule has 0 radical (unpaired) electrons. The van der Waals surface area contributed by atoms with Crippen molar-refractivity contribution in [2.75, 3.05) is 5.73 Å². The molecule has 0 fully saturated rings. The number of benzene rings is 1. The molecule has 1 aromatic heterocycles. The van der Waals surface area contributed by atoms with Crippen LogP contribution in [0, 0.1) is 6.92 Å². The van der Waals surface area contributed by atoms with Gasteiger partial charge in [-0.1, -0.05) is 0 Å². The van der Waals surface area contributed by atoms with E-state index in [1.165, 1.54) is 18.2 Å². The van der Waals surface area contributed by atoms with Crippen LogP contribution >= 0.6 is 0 Å². The summed E-state index contributed by atoms with van der Waals surface area (Å²) in [4.78, 5) is 10.9. The van der Waals surface area contributed by atoms with Gasteiger partial charge in [0, 0.05) is 13.1 Å². The molecule has 0 aliphatic rings. The van der Waals surface area contributed by atoms with E-state index in [0.29, 0.717) is 17.3 Å². The molecule has 0 spiro atoms. The van der Waals surface area contributed by atoms with Gasteiger partial charge in [0.1, 0.15) is 0 Å². The van der Waals surface area contributed by atoms with Crippen molar-refractivity contribution in [3.63, 3.8) is 0 Å². The number of carbonyl (C=O) groups is 1. The van der Waals surface area contributed by atoms with Crippen molar-refractivity contribution in [3.8, 4) is 11.6 Å². The Morgan fingerprint density at radius 3 is 2.72 bits per heavy atom. The van der Waals surface area contributed by atoms with Gasteiger partial charge in [0.15, 0.2) is 5.75 Å². The lowest BCUT2D eigenvalue weighted by Crippen LogP contribution is -2.01. The van der Waals surface area contributed by atoms with Gasteiger partial charge in [-0.3, -0.25) is 0 Å². The first-order valence-electron chi connectivity index (χ1n) is 5.28. The zero-order valence-electron chi connectivity index (χ0n) is 10.0.